The van der Waals surface area contributed by atoms with Crippen molar-refractivity contribution in [3.8, 4) is 5.69 Å². The van der Waals surface area contributed by atoms with Crippen LogP contribution in [-0.2, 0) is 6.42 Å². The second kappa shape index (κ2) is 4.87. The van der Waals surface area contributed by atoms with Gasteiger partial charge in [-0.15, -0.1) is 0 Å². The summed E-state index contributed by atoms with van der Waals surface area (Å²) in [5.74, 6) is 0. The van der Waals surface area contributed by atoms with Crippen LogP contribution in [0.1, 0.15) is 19.0 Å². The van der Waals surface area contributed by atoms with Crippen LogP contribution < -0.4 is 5.73 Å². The molecule has 0 aliphatic heterocycles. The average Bonchev–Trinajstić information content (AvgIpc) is 2.72. The molecule has 0 unspecified atom stereocenters. The van der Waals surface area contributed by atoms with E-state index < -0.39 is 4.92 Å². The molecule has 2 aromatic rings. The fraction of sp³-hybridized carbons (Fsp3) is 0.250. The van der Waals surface area contributed by atoms with E-state index in [1.54, 1.807) is 22.9 Å². The van der Waals surface area contributed by atoms with Crippen LogP contribution in [0.4, 0.5) is 11.4 Å². The molecule has 0 amide bonds. The Morgan fingerprint density at radius 3 is 2.83 bits per heavy atom. The van der Waals surface area contributed by atoms with Crippen molar-refractivity contribution in [3.05, 3.63) is 46.3 Å². The minimum atomic E-state index is -0.414. The molecule has 6 nitrogen and oxygen atoms in total. The van der Waals surface area contributed by atoms with Crippen LogP contribution in [0.5, 0.6) is 0 Å². The first-order chi connectivity index (χ1) is 8.65. The molecule has 94 valence electrons. The molecule has 0 aliphatic carbocycles. The maximum atomic E-state index is 11.0. The third-order valence-electron chi connectivity index (χ3n) is 2.69. The summed E-state index contributed by atoms with van der Waals surface area (Å²) < 4.78 is 1.55. The minimum Gasteiger partial charge on any atom is -0.396 e. The molecule has 0 bridgehead atoms. The van der Waals surface area contributed by atoms with Crippen LogP contribution in [0.25, 0.3) is 5.69 Å². The van der Waals surface area contributed by atoms with E-state index in [1.807, 2.05) is 6.92 Å². The van der Waals surface area contributed by atoms with E-state index in [9.17, 15) is 10.1 Å². The first kappa shape index (κ1) is 12.1. The van der Waals surface area contributed by atoms with Crippen molar-refractivity contribution in [3.63, 3.8) is 0 Å². The van der Waals surface area contributed by atoms with Crippen molar-refractivity contribution in [1.82, 2.24) is 9.78 Å². The Labute approximate surface area is 104 Å². The van der Waals surface area contributed by atoms with Gasteiger partial charge in [-0.25, -0.2) is 4.68 Å². The van der Waals surface area contributed by atoms with Gasteiger partial charge in [0, 0.05) is 6.07 Å². The molecule has 2 N–H and O–H groups in total. The summed E-state index contributed by atoms with van der Waals surface area (Å²) in [5.41, 5.74) is 7.69. The van der Waals surface area contributed by atoms with Crippen LogP contribution in [0.15, 0.2) is 30.5 Å². The molecule has 2 rings (SSSR count). The zero-order chi connectivity index (χ0) is 13.1. The van der Waals surface area contributed by atoms with Crippen molar-refractivity contribution in [1.29, 1.82) is 0 Å². The molecule has 6 heteroatoms. The van der Waals surface area contributed by atoms with Gasteiger partial charge in [0.15, 0.2) is 0 Å². The first-order valence-corrected chi connectivity index (χ1v) is 5.71. The number of nitro groups is 1. The van der Waals surface area contributed by atoms with E-state index in [4.69, 9.17) is 5.73 Å². The minimum absolute atomic E-state index is 0.0259. The average molecular weight is 246 g/mol. The summed E-state index contributed by atoms with van der Waals surface area (Å²) in [5, 5.41) is 15.1. The normalized spacial score (nSPS) is 10.5. The SMILES string of the molecule is CCCc1c(N)cnn1-c1ccccc1[N+](=O)[O-]. The van der Waals surface area contributed by atoms with Crippen LogP contribution in [0.2, 0.25) is 0 Å². The zero-order valence-corrected chi connectivity index (χ0v) is 10.0. The molecule has 0 fully saturated rings. The number of nitrogens with zero attached hydrogens (tertiary/aromatic N) is 3. The Morgan fingerprint density at radius 2 is 2.17 bits per heavy atom. The second-order valence-corrected chi connectivity index (χ2v) is 3.95. The lowest BCUT2D eigenvalue weighted by Gasteiger charge is -2.07. The van der Waals surface area contributed by atoms with Crippen molar-refractivity contribution >= 4 is 11.4 Å². The van der Waals surface area contributed by atoms with Gasteiger partial charge in [-0.3, -0.25) is 10.1 Å². The quantitative estimate of drug-likeness (QED) is 0.662. The van der Waals surface area contributed by atoms with Crippen LogP contribution in [-0.4, -0.2) is 14.7 Å². The predicted octanol–water partition coefficient (Wildman–Crippen LogP) is 2.32. The highest BCUT2D eigenvalue weighted by Crippen LogP contribution is 2.25. The Bertz CT molecular complexity index is 577. The van der Waals surface area contributed by atoms with Crippen LogP contribution in [0.3, 0.4) is 0 Å². The molecular weight excluding hydrogens is 232 g/mol. The molecule has 1 aromatic heterocycles. The highest BCUT2D eigenvalue weighted by molar-refractivity contribution is 5.55. The van der Waals surface area contributed by atoms with Gasteiger partial charge in [0.1, 0.15) is 5.69 Å². The predicted molar refractivity (Wildman–Crippen MR) is 68.6 cm³/mol. The monoisotopic (exact) mass is 246 g/mol. The maximum absolute atomic E-state index is 11.0. The van der Waals surface area contributed by atoms with Gasteiger partial charge in [0.25, 0.3) is 5.69 Å². The van der Waals surface area contributed by atoms with Crippen LogP contribution in [0, 0.1) is 10.1 Å². The van der Waals surface area contributed by atoms with E-state index in [0.717, 1.165) is 18.5 Å². The molecule has 0 aliphatic rings. The van der Waals surface area contributed by atoms with Gasteiger partial charge in [-0.1, -0.05) is 25.5 Å². The van der Waals surface area contributed by atoms with Gasteiger partial charge in [-0.05, 0) is 12.5 Å². The number of nitrogen functional groups attached to an aromatic ring is 1. The van der Waals surface area contributed by atoms with Gasteiger partial charge in [0.05, 0.1) is 22.5 Å². The highest BCUT2D eigenvalue weighted by Gasteiger charge is 2.18. The lowest BCUT2D eigenvalue weighted by atomic mass is 10.2. The van der Waals surface area contributed by atoms with E-state index in [0.29, 0.717) is 11.4 Å². The van der Waals surface area contributed by atoms with Crippen molar-refractivity contribution in [2.45, 2.75) is 19.8 Å². The third-order valence-corrected chi connectivity index (χ3v) is 2.69. The fourth-order valence-electron chi connectivity index (χ4n) is 1.88. The largest absolute Gasteiger partial charge is 0.396 e. The second-order valence-electron chi connectivity index (χ2n) is 3.95. The number of para-hydroxylation sites is 2. The highest BCUT2D eigenvalue weighted by atomic mass is 16.6. The van der Waals surface area contributed by atoms with Crippen LogP contribution >= 0.6 is 0 Å². The topological polar surface area (TPSA) is 87.0 Å². The standard InChI is InChI=1S/C12H14N4O2/c1-2-5-10-9(13)8-14-15(10)11-6-3-4-7-12(11)16(17)18/h3-4,6-8H,2,5,13H2,1H3. The number of hydrogen-bond donors (Lipinski definition) is 1. The molecule has 1 aromatic carbocycles. The molecule has 18 heavy (non-hydrogen) atoms. The van der Waals surface area contributed by atoms with E-state index >= 15 is 0 Å². The smallest absolute Gasteiger partial charge is 0.294 e. The summed E-state index contributed by atoms with van der Waals surface area (Å²) >= 11 is 0. The molecule has 0 spiro atoms. The van der Waals surface area contributed by atoms with Gasteiger partial charge in [0.2, 0.25) is 0 Å². The lowest BCUT2D eigenvalue weighted by Crippen LogP contribution is -2.06. The number of hydrogen-bond acceptors (Lipinski definition) is 4. The molecule has 0 atom stereocenters. The Hall–Kier alpha value is -2.37. The Balaban J connectivity index is 2.58. The van der Waals surface area contributed by atoms with Crippen molar-refractivity contribution in [2.24, 2.45) is 0 Å². The summed E-state index contributed by atoms with van der Waals surface area (Å²) in [7, 11) is 0. The van der Waals surface area contributed by atoms with E-state index in [1.165, 1.54) is 12.3 Å². The van der Waals surface area contributed by atoms with Gasteiger partial charge < -0.3 is 5.73 Å². The van der Waals surface area contributed by atoms with Crippen molar-refractivity contribution in [2.75, 3.05) is 5.73 Å². The third kappa shape index (κ3) is 2.04. The molecule has 0 saturated carbocycles. The number of rotatable bonds is 4. The van der Waals surface area contributed by atoms with Gasteiger partial charge in [-0.2, -0.15) is 5.10 Å². The summed E-state index contributed by atoms with van der Waals surface area (Å²) in [6.45, 7) is 2.02. The first-order valence-electron chi connectivity index (χ1n) is 5.71. The summed E-state index contributed by atoms with van der Waals surface area (Å²) in [4.78, 5) is 10.6. The molecular formula is C12H14N4O2. The van der Waals surface area contributed by atoms with Crippen molar-refractivity contribution < 1.29 is 4.92 Å². The molecule has 0 radical (unpaired) electrons. The number of nitro benzene ring substituents is 1. The lowest BCUT2D eigenvalue weighted by molar-refractivity contribution is -0.384. The van der Waals surface area contributed by atoms with Gasteiger partial charge >= 0.3 is 0 Å². The number of anilines is 1. The molecule has 1 heterocycles. The number of nitrogens with two attached hydrogens (primary N) is 1. The Morgan fingerprint density at radius 1 is 1.44 bits per heavy atom. The maximum Gasteiger partial charge on any atom is 0.294 e. The van der Waals surface area contributed by atoms with E-state index in [-0.39, 0.29) is 5.69 Å². The fourth-order valence-corrected chi connectivity index (χ4v) is 1.88. The summed E-state index contributed by atoms with van der Waals surface area (Å²) in [6.07, 6.45) is 3.16. The number of benzene rings is 1. The number of aromatic nitrogens is 2. The molecule has 0 saturated heterocycles. The van der Waals surface area contributed by atoms with E-state index in [2.05, 4.69) is 5.10 Å². The summed E-state index contributed by atoms with van der Waals surface area (Å²) in [6, 6.07) is 6.51. The Kier molecular flexibility index (Phi) is 3.27. The zero-order valence-electron chi connectivity index (χ0n) is 10.0.